The van der Waals surface area contributed by atoms with Crippen LogP contribution in [0.25, 0.3) is 6.08 Å². The fourth-order valence-electron chi connectivity index (χ4n) is 3.86. The van der Waals surface area contributed by atoms with Crippen molar-refractivity contribution in [2.24, 2.45) is 0 Å². The van der Waals surface area contributed by atoms with Crippen LogP contribution in [0, 0.1) is 0 Å². The van der Waals surface area contributed by atoms with Crippen molar-refractivity contribution in [1.29, 1.82) is 0 Å². The molecule has 1 atom stereocenters. The second kappa shape index (κ2) is 8.47. The van der Waals surface area contributed by atoms with Crippen LogP contribution in [-0.4, -0.2) is 44.8 Å². The maximum atomic E-state index is 12.9. The Hall–Kier alpha value is -3.15. The highest BCUT2D eigenvalue weighted by Crippen LogP contribution is 2.38. The number of likely N-dealkylation sites (tertiary alicyclic amines) is 1. The summed E-state index contributed by atoms with van der Waals surface area (Å²) in [6.07, 6.45) is 5.32. The summed E-state index contributed by atoms with van der Waals surface area (Å²) < 4.78 is 21.9. The molecule has 0 spiro atoms. The number of hydrogen-bond acceptors (Lipinski definition) is 5. The fourth-order valence-corrected chi connectivity index (χ4v) is 3.86. The largest absolute Gasteiger partial charge is 0.497 e. The van der Waals surface area contributed by atoms with Crippen molar-refractivity contribution in [1.82, 2.24) is 4.90 Å². The van der Waals surface area contributed by atoms with Gasteiger partial charge in [-0.1, -0.05) is 6.07 Å². The summed E-state index contributed by atoms with van der Waals surface area (Å²) in [5.74, 6) is 2.89. The third kappa shape index (κ3) is 4.01. The second-order valence-electron chi connectivity index (χ2n) is 7.03. The molecule has 0 N–H and O–H groups in total. The average Bonchev–Trinajstić information content (AvgIpc) is 3.27. The van der Waals surface area contributed by atoms with Crippen LogP contribution in [0.5, 0.6) is 23.0 Å². The van der Waals surface area contributed by atoms with Gasteiger partial charge in [0, 0.05) is 24.3 Å². The molecule has 0 aromatic heterocycles. The van der Waals surface area contributed by atoms with E-state index in [0.717, 1.165) is 42.0 Å². The van der Waals surface area contributed by atoms with Gasteiger partial charge in [0.1, 0.15) is 24.7 Å². The maximum Gasteiger partial charge on any atom is 0.247 e. The van der Waals surface area contributed by atoms with Gasteiger partial charge in [0.25, 0.3) is 0 Å². The summed E-state index contributed by atoms with van der Waals surface area (Å²) in [7, 11) is 3.21. The number of ether oxygens (including phenoxy) is 4. The third-order valence-corrected chi connectivity index (χ3v) is 5.33. The number of rotatable bonds is 5. The Balaban J connectivity index is 1.52. The van der Waals surface area contributed by atoms with Crippen LogP contribution in [-0.2, 0) is 4.79 Å². The standard InChI is InChI=1S/C23H25NO5/c1-26-18-8-5-16(21(15-18)27-2)7-10-23(25)24-11-3-4-19(24)17-6-9-20-22(14-17)29-13-12-28-20/h5-10,14-15,19H,3-4,11-13H2,1-2H3. The highest BCUT2D eigenvalue weighted by Gasteiger charge is 2.29. The van der Waals surface area contributed by atoms with Crippen LogP contribution in [0.3, 0.4) is 0 Å². The maximum absolute atomic E-state index is 12.9. The lowest BCUT2D eigenvalue weighted by Gasteiger charge is -2.26. The number of amides is 1. The molecule has 2 aromatic carbocycles. The Kier molecular flexibility index (Phi) is 5.60. The van der Waals surface area contributed by atoms with Crippen molar-refractivity contribution in [3.05, 3.63) is 53.6 Å². The van der Waals surface area contributed by atoms with Gasteiger partial charge >= 0.3 is 0 Å². The number of fused-ring (bicyclic) bond motifs is 1. The monoisotopic (exact) mass is 395 g/mol. The first kappa shape index (κ1) is 19.2. The minimum absolute atomic E-state index is 0.0136. The second-order valence-corrected chi connectivity index (χ2v) is 7.03. The number of nitrogens with zero attached hydrogens (tertiary/aromatic N) is 1. The molecular formula is C23H25NO5. The molecule has 1 saturated heterocycles. The van der Waals surface area contributed by atoms with E-state index in [1.54, 1.807) is 32.4 Å². The van der Waals surface area contributed by atoms with Gasteiger partial charge in [0.2, 0.25) is 5.91 Å². The molecule has 2 aliphatic heterocycles. The third-order valence-electron chi connectivity index (χ3n) is 5.33. The van der Waals surface area contributed by atoms with Crippen molar-refractivity contribution in [2.75, 3.05) is 34.0 Å². The number of benzene rings is 2. The number of methoxy groups -OCH3 is 2. The molecule has 6 nitrogen and oxygen atoms in total. The average molecular weight is 395 g/mol. The Morgan fingerprint density at radius 1 is 1.07 bits per heavy atom. The van der Waals surface area contributed by atoms with Gasteiger partial charge in [-0.25, -0.2) is 0 Å². The molecule has 2 heterocycles. The summed E-state index contributed by atoms with van der Waals surface area (Å²) >= 11 is 0. The van der Waals surface area contributed by atoms with Crippen LogP contribution in [0.4, 0.5) is 0 Å². The minimum atomic E-state index is -0.0136. The molecular weight excluding hydrogens is 370 g/mol. The van der Waals surface area contributed by atoms with E-state index < -0.39 is 0 Å². The lowest BCUT2D eigenvalue weighted by atomic mass is 10.0. The fraction of sp³-hybridized carbons (Fsp3) is 0.348. The van der Waals surface area contributed by atoms with E-state index in [9.17, 15) is 4.79 Å². The van der Waals surface area contributed by atoms with Crippen molar-refractivity contribution >= 4 is 12.0 Å². The molecule has 29 heavy (non-hydrogen) atoms. The van der Waals surface area contributed by atoms with Crippen molar-refractivity contribution < 1.29 is 23.7 Å². The molecule has 6 heteroatoms. The molecule has 4 rings (SSSR count). The highest BCUT2D eigenvalue weighted by atomic mass is 16.6. The smallest absolute Gasteiger partial charge is 0.247 e. The summed E-state index contributed by atoms with van der Waals surface area (Å²) in [5.41, 5.74) is 1.91. The Morgan fingerprint density at radius 3 is 2.69 bits per heavy atom. The van der Waals surface area contributed by atoms with Gasteiger partial charge in [-0.15, -0.1) is 0 Å². The molecule has 2 aliphatic rings. The topological polar surface area (TPSA) is 57.2 Å². The van der Waals surface area contributed by atoms with Gasteiger partial charge in [-0.05, 0) is 48.7 Å². The molecule has 0 bridgehead atoms. The number of carbonyl (C=O) groups excluding carboxylic acids is 1. The first-order valence-corrected chi connectivity index (χ1v) is 9.80. The molecule has 2 aromatic rings. The van der Waals surface area contributed by atoms with Crippen LogP contribution < -0.4 is 18.9 Å². The van der Waals surface area contributed by atoms with E-state index in [1.807, 2.05) is 35.2 Å². The normalized spacial score (nSPS) is 18.1. The Labute approximate surface area is 170 Å². The molecule has 152 valence electrons. The zero-order valence-corrected chi connectivity index (χ0v) is 16.7. The summed E-state index contributed by atoms with van der Waals surface area (Å²) in [6.45, 7) is 1.86. The molecule has 0 radical (unpaired) electrons. The van der Waals surface area contributed by atoms with Crippen LogP contribution in [0.1, 0.15) is 30.0 Å². The first-order chi connectivity index (χ1) is 14.2. The van der Waals surface area contributed by atoms with E-state index in [4.69, 9.17) is 18.9 Å². The van der Waals surface area contributed by atoms with Crippen molar-refractivity contribution in [3.63, 3.8) is 0 Å². The van der Waals surface area contributed by atoms with E-state index in [-0.39, 0.29) is 11.9 Å². The van der Waals surface area contributed by atoms with Crippen LogP contribution in [0.2, 0.25) is 0 Å². The van der Waals surface area contributed by atoms with E-state index in [1.165, 1.54) is 0 Å². The van der Waals surface area contributed by atoms with Crippen LogP contribution >= 0.6 is 0 Å². The highest BCUT2D eigenvalue weighted by molar-refractivity contribution is 5.92. The minimum Gasteiger partial charge on any atom is -0.497 e. The van der Waals surface area contributed by atoms with Crippen LogP contribution in [0.15, 0.2) is 42.5 Å². The van der Waals surface area contributed by atoms with Gasteiger partial charge in [0.05, 0.1) is 20.3 Å². The van der Waals surface area contributed by atoms with Gasteiger partial charge in [0.15, 0.2) is 11.5 Å². The van der Waals surface area contributed by atoms with E-state index in [2.05, 4.69) is 0 Å². The predicted molar refractivity (Wildman–Crippen MR) is 110 cm³/mol. The number of carbonyl (C=O) groups is 1. The van der Waals surface area contributed by atoms with Crippen molar-refractivity contribution in [2.45, 2.75) is 18.9 Å². The lowest BCUT2D eigenvalue weighted by molar-refractivity contribution is -0.126. The summed E-state index contributed by atoms with van der Waals surface area (Å²) in [4.78, 5) is 14.8. The summed E-state index contributed by atoms with van der Waals surface area (Å²) in [5, 5.41) is 0. The van der Waals surface area contributed by atoms with E-state index >= 15 is 0 Å². The molecule has 1 unspecified atom stereocenters. The van der Waals surface area contributed by atoms with Gasteiger partial charge < -0.3 is 23.8 Å². The quantitative estimate of drug-likeness (QED) is 0.720. The SMILES string of the molecule is COc1ccc(C=CC(=O)N2CCCC2c2ccc3c(c2)OCCO3)c(OC)c1. The Bertz CT molecular complexity index is 923. The first-order valence-electron chi connectivity index (χ1n) is 9.80. The molecule has 1 amide bonds. The molecule has 0 aliphatic carbocycles. The van der Waals surface area contributed by atoms with Gasteiger partial charge in [-0.2, -0.15) is 0 Å². The molecule has 1 fully saturated rings. The Morgan fingerprint density at radius 2 is 1.90 bits per heavy atom. The van der Waals surface area contributed by atoms with Crippen molar-refractivity contribution in [3.8, 4) is 23.0 Å². The summed E-state index contributed by atoms with van der Waals surface area (Å²) in [6, 6.07) is 11.5. The predicted octanol–water partition coefficient (Wildman–Crippen LogP) is 3.85. The zero-order chi connectivity index (χ0) is 20.2. The molecule has 0 saturated carbocycles. The zero-order valence-electron chi connectivity index (χ0n) is 16.7. The van der Waals surface area contributed by atoms with Gasteiger partial charge in [-0.3, -0.25) is 4.79 Å². The number of hydrogen-bond donors (Lipinski definition) is 0. The lowest BCUT2D eigenvalue weighted by Crippen LogP contribution is -2.29. The van der Waals surface area contributed by atoms with E-state index in [0.29, 0.717) is 24.7 Å².